The largest absolute Gasteiger partial charge is 0.450 e. The Kier molecular flexibility index (Phi) is 5.95. The monoisotopic (exact) mass is 403 g/mol. The van der Waals surface area contributed by atoms with Crippen molar-refractivity contribution in [2.24, 2.45) is 10.9 Å². The number of allylic oxidation sites excluding steroid dienone is 6. The van der Waals surface area contributed by atoms with Crippen LogP contribution in [0.25, 0.3) is 16.9 Å². The molecule has 4 rings (SSSR count). The molecule has 1 atom stereocenters. The van der Waals surface area contributed by atoms with Crippen molar-refractivity contribution in [3.8, 4) is 11.3 Å². The first-order valence-electron chi connectivity index (χ1n) is 10.2. The second-order valence-corrected chi connectivity index (χ2v) is 7.41. The van der Waals surface area contributed by atoms with E-state index in [0.29, 0.717) is 18.8 Å². The van der Waals surface area contributed by atoms with Crippen LogP contribution in [0.5, 0.6) is 0 Å². The number of nitrogens with two attached hydrogens (primary N) is 1. The zero-order chi connectivity index (χ0) is 20.9. The molecule has 1 aromatic heterocycles. The highest BCUT2D eigenvalue weighted by atomic mass is 16.4. The molecule has 2 aliphatic rings. The number of carbonyl (C=O) groups is 1. The Bertz CT molecular complexity index is 1060. The number of nitrogens with zero attached hydrogens (tertiary/aromatic N) is 1. The second-order valence-electron chi connectivity index (χ2n) is 7.41. The van der Waals surface area contributed by atoms with E-state index in [-0.39, 0.29) is 17.6 Å². The Morgan fingerprint density at radius 2 is 2.23 bits per heavy atom. The molecule has 1 heterocycles. The van der Waals surface area contributed by atoms with Crippen LogP contribution in [0.1, 0.15) is 46.0 Å². The summed E-state index contributed by atoms with van der Waals surface area (Å²) in [6.45, 7) is 0.760. The van der Waals surface area contributed by atoms with Gasteiger partial charge < -0.3 is 20.7 Å². The molecule has 0 fully saturated rings. The summed E-state index contributed by atoms with van der Waals surface area (Å²) in [4.78, 5) is 12.5. The van der Waals surface area contributed by atoms with Gasteiger partial charge >= 0.3 is 0 Å². The SMILES string of the molecule is NCCNC(=O)c1cc(C2=CC=CCC=C2)c(-c2ccc3c(c2)CCC3C=NO)o1. The number of hydrogen-bond acceptors (Lipinski definition) is 5. The minimum Gasteiger partial charge on any atom is -0.450 e. The molecular formula is C24H25N3O3. The molecule has 1 amide bonds. The Morgan fingerprint density at radius 1 is 1.33 bits per heavy atom. The molecule has 1 aromatic carbocycles. The van der Waals surface area contributed by atoms with Gasteiger partial charge in [0.2, 0.25) is 0 Å². The summed E-state index contributed by atoms with van der Waals surface area (Å²) in [5.41, 5.74) is 10.7. The average Bonchev–Trinajstić information content (AvgIpc) is 3.28. The number of oxime groups is 1. The van der Waals surface area contributed by atoms with E-state index in [4.69, 9.17) is 15.4 Å². The Morgan fingerprint density at radius 3 is 3.07 bits per heavy atom. The molecule has 154 valence electrons. The first-order chi connectivity index (χ1) is 14.7. The van der Waals surface area contributed by atoms with Crippen LogP contribution in [0, 0.1) is 0 Å². The van der Waals surface area contributed by atoms with E-state index in [1.165, 1.54) is 11.1 Å². The number of furan rings is 1. The number of hydrogen-bond donors (Lipinski definition) is 3. The van der Waals surface area contributed by atoms with Crippen molar-refractivity contribution in [1.82, 2.24) is 5.32 Å². The standard InChI is InChI=1S/C24H25N3O3/c25-11-12-26-24(28)22-14-21(16-5-3-1-2-4-6-16)23(30-22)18-9-10-20-17(13-18)7-8-19(20)15-27-29/h1,3-6,9-10,13-15,19,29H,2,7-8,11-12,25H2,(H,26,28). The van der Waals surface area contributed by atoms with Crippen LogP contribution in [0.15, 0.2) is 64.2 Å². The molecule has 0 bridgehead atoms. The van der Waals surface area contributed by atoms with Gasteiger partial charge in [0, 0.05) is 30.1 Å². The van der Waals surface area contributed by atoms with Gasteiger partial charge in [-0.15, -0.1) is 5.16 Å². The minimum absolute atomic E-state index is 0.130. The zero-order valence-corrected chi connectivity index (χ0v) is 16.7. The Labute approximate surface area is 175 Å². The third kappa shape index (κ3) is 4.00. The van der Waals surface area contributed by atoms with Crippen molar-refractivity contribution in [1.29, 1.82) is 0 Å². The van der Waals surface area contributed by atoms with Gasteiger partial charge in [-0.25, -0.2) is 0 Å². The lowest BCUT2D eigenvalue weighted by molar-refractivity contribution is 0.0928. The van der Waals surface area contributed by atoms with Crippen LogP contribution in [-0.2, 0) is 6.42 Å². The van der Waals surface area contributed by atoms with Crippen molar-refractivity contribution in [3.63, 3.8) is 0 Å². The second kappa shape index (κ2) is 8.97. The van der Waals surface area contributed by atoms with E-state index in [9.17, 15) is 4.79 Å². The molecule has 30 heavy (non-hydrogen) atoms. The predicted octanol–water partition coefficient (Wildman–Crippen LogP) is 4.02. The number of fused-ring (bicyclic) bond motifs is 1. The quantitative estimate of drug-likeness (QED) is 0.385. The highest BCUT2D eigenvalue weighted by Gasteiger charge is 2.24. The predicted molar refractivity (Wildman–Crippen MR) is 118 cm³/mol. The van der Waals surface area contributed by atoms with Gasteiger partial charge in [0.25, 0.3) is 5.91 Å². The van der Waals surface area contributed by atoms with Crippen molar-refractivity contribution >= 4 is 17.7 Å². The van der Waals surface area contributed by atoms with Gasteiger partial charge in [0.15, 0.2) is 5.76 Å². The fraction of sp³-hybridized carbons (Fsp3) is 0.250. The Hall–Kier alpha value is -3.38. The lowest BCUT2D eigenvalue weighted by Crippen LogP contribution is -2.28. The van der Waals surface area contributed by atoms with Crippen molar-refractivity contribution in [3.05, 3.63) is 77.1 Å². The fourth-order valence-electron chi connectivity index (χ4n) is 3.99. The third-order valence-corrected chi connectivity index (χ3v) is 5.45. The lowest BCUT2D eigenvalue weighted by Gasteiger charge is -2.08. The van der Waals surface area contributed by atoms with Crippen LogP contribution in [0.4, 0.5) is 0 Å². The van der Waals surface area contributed by atoms with Crippen LogP contribution in [0.3, 0.4) is 0 Å². The maximum absolute atomic E-state index is 12.5. The average molecular weight is 403 g/mol. The third-order valence-electron chi connectivity index (χ3n) is 5.45. The van der Waals surface area contributed by atoms with E-state index in [1.54, 1.807) is 12.3 Å². The van der Waals surface area contributed by atoms with Gasteiger partial charge in [-0.1, -0.05) is 42.5 Å². The highest BCUT2D eigenvalue weighted by Crippen LogP contribution is 2.38. The van der Waals surface area contributed by atoms with Gasteiger partial charge in [0.05, 0.1) is 6.21 Å². The molecule has 0 saturated carbocycles. The number of amides is 1. The summed E-state index contributed by atoms with van der Waals surface area (Å²) in [7, 11) is 0. The molecule has 0 spiro atoms. The van der Waals surface area contributed by atoms with Crippen molar-refractivity contribution < 1.29 is 14.4 Å². The maximum Gasteiger partial charge on any atom is 0.287 e. The summed E-state index contributed by atoms with van der Waals surface area (Å²) >= 11 is 0. The van der Waals surface area contributed by atoms with Crippen LogP contribution < -0.4 is 11.1 Å². The van der Waals surface area contributed by atoms with Gasteiger partial charge in [-0.05, 0) is 48.1 Å². The number of rotatable bonds is 6. The van der Waals surface area contributed by atoms with Crippen molar-refractivity contribution in [2.75, 3.05) is 13.1 Å². The first-order valence-corrected chi connectivity index (χ1v) is 10.2. The molecule has 6 heteroatoms. The summed E-state index contributed by atoms with van der Waals surface area (Å²) in [5, 5.41) is 14.9. The molecule has 0 radical (unpaired) electrons. The molecule has 2 aromatic rings. The summed E-state index contributed by atoms with van der Waals surface area (Å²) in [5.74, 6) is 0.787. The summed E-state index contributed by atoms with van der Waals surface area (Å²) in [6, 6.07) is 7.97. The summed E-state index contributed by atoms with van der Waals surface area (Å²) in [6.07, 6.45) is 14.5. The van der Waals surface area contributed by atoms with Crippen molar-refractivity contribution in [2.45, 2.75) is 25.2 Å². The van der Waals surface area contributed by atoms with Gasteiger partial charge in [0.1, 0.15) is 5.76 Å². The fourth-order valence-corrected chi connectivity index (χ4v) is 3.99. The summed E-state index contributed by atoms with van der Waals surface area (Å²) < 4.78 is 6.07. The number of aryl methyl sites for hydroxylation is 1. The number of benzene rings is 1. The molecule has 4 N–H and O–H groups in total. The van der Waals surface area contributed by atoms with E-state index in [1.807, 2.05) is 18.2 Å². The molecule has 0 aliphatic heterocycles. The smallest absolute Gasteiger partial charge is 0.287 e. The number of nitrogens with one attached hydrogen (secondary N) is 1. The molecule has 2 aliphatic carbocycles. The molecule has 1 unspecified atom stereocenters. The molecule has 6 nitrogen and oxygen atoms in total. The van der Waals surface area contributed by atoms with Crippen LogP contribution >= 0.6 is 0 Å². The molecular weight excluding hydrogens is 378 g/mol. The number of carbonyl (C=O) groups excluding carboxylic acids is 1. The van der Waals surface area contributed by atoms with Crippen LogP contribution in [-0.4, -0.2) is 30.4 Å². The zero-order valence-electron chi connectivity index (χ0n) is 16.7. The highest BCUT2D eigenvalue weighted by molar-refractivity contribution is 5.95. The van der Waals surface area contributed by atoms with Crippen LogP contribution in [0.2, 0.25) is 0 Å². The van der Waals surface area contributed by atoms with E-state index >= 15 is 0 Å². The lowest BCUT2D eigenvalue weighted by atomic mass is 9.97. The molecule has 0 saturated heterocycles. The van der Waals surface area contributed by atoms with E-state index in [0.717, 1.165) is 36.0 Å². The maximum atomic E-state index is 12.5. The van der Waals surface area contributed by atoms with Gasteiger partial charge in [-0.2, -0.15) is 0 Å². The van der Waals surface area contributed by atoms with Gasteiger partial charge in [-0.3, -0.25) is 4.79 Å². The minimum atomic E-state index is -0.276. The normalized spacial score (nSPS) is 17.8. The Balaban J connectivity index is 1.76. The van der Waals surface area contributed by atoms with E-state index < -0.39 is 0 Å². The topological polar surface area (TPSA) is 101 Å². The van der Waals surface area contributed by atoms with E-state index in [2.05, 4.69) is 40.8 Å². The first kappa shape index (κ1) is 19.9.